The maximum atomic E-state index is 11.4. The summed E-state index contributed by atoms with van der Waals surface area (Å²) in [5, 5.41) is 0. The number of amides is 1. The van der Waals surface area contributed by atoms with Gasteiger partial charge in [-0.1, -0.05) is 0 Å². The molecular formula is C8H8N4O2. The minimum absolute atomic E-state index is 0.136. The van der Waals surface area contributed by atoms with Gasteiger partial charge in [0, 0.05) is 12.4 Å². The number of hydrogen-bond donors (Lipinski definition) is 1. The SMILES string of the molecule is CC1(c2cnccn2)OC(N)=NC1=O. The van der Waals surface area contributed by atoms with Crippen molar-refractivity contribution in [3.05, 3.63) is 24.3 Å². The molecule has 1 aliphatic rings. The molecule has 6 heteroatoms. The molecule has 0 saturated carbocycles. The number of carbonyl (C=O) groups excluding carboxylic acids is 1. The van der Waals surface area contributed by atoms with Gasteiger partial charge in [-0.3, -0.25) is 14.8 Å². The Labute approximate surface area is 79.8 Å². The molecule has 2 rings (SSSR count). The van der Waals surface area contributed by atoms with Gasteiger partial charge in [-0.15, -0.1) is 0 Å². The lowest BCUT2D eigenvalue weighted by molar-refractivity contribution is -0.130. The molecule has 1 amide bonds. The molecule has 1 atom stereocenters. The average Bonchev–Trinajstić information content (AvgIpc) is 2.43. The van der Waals surface area contributed by atoms with Gasteiger partial charge in [0.1, 0.15) is 5.69 Å². The lowest BCUT2D eigenvalue weighted by atomic mass is 10.0. The molecule has 14 heavy (non-hydrogen) atoms. The monoisotopic (exact) mass is 192 g/mol. The lowest BCUT2D eigenvalue weighted by Crippen LogP contribution is -2.33. The van der Waals surface area contributed by atoms with E-state index in [-0.39, 0.29) is 6.02 Å². The van der Waals surface area contributed by atoms with Crippen molar-refractivity contribution in [1.82, 2.24) is 9.97 Å². The van der Waals surface area contributed by atoms with Crippen LogP contribution in [0.2, 0.25) is 0 Å². The predicted octanol–water partition coefficient (Wildman–Crippen LogP) is -0.437. The van der Waals surface area contributed by atoms with Gasteiger partial charge in [0.15, 0.2) is 0 Å². The summed E-state index contributed by atoms with van der Waals surface area (Å²) in [6, 6.07) is -0.136. The highest BCUT2D eigenvalue weighted by Gasteiger charge is 2.44. The number of hydrogen-bond acceptors (Lipinski definition) is 5. The molecule has 2 heterocycles. The van der Waals surface area contributed by atoms with E-state index in [2.05, 4.69) is 15.0 Å². The summed E-state index contributed by atoms with van der Waals surface area (Å²) >= 11 is 0. The second-order valence-electron chi connectivity index (χ2n) is 2.98. The van der Waals surface area contributed by atoms with Crippen molar-refractivity contribution >= 4 is 11.9 Å². The van der Waals surface area contributed by atoms with Gasteiger partial charge < -0.3 is 10.5 Å². The van der Waals surface area contributed by atoms with E-state index >= 15 is 0 Å². The van der Waals surface area contributed by atoms with Crippen LogP contribution in [0.4, 0.5) is 0 Å². The third-order valence-corrected chi connectivity index (χ3v) is 1.98. The van der Waals surface area contributed by atoms with Crippen LogP contribution < -0.4 is 5.73 Å². The summed E-state index contributed by atoms with van der Waals surface area (Å²) in [5.41, 5.74) is 4.47. The average molecular weight is 192 g/mol. The molecule has 1 aromatic rings. The minimum atomic E-state index is -1.22. The first-order chi connectivity index (χ1) is 6.63. The molecule has 6 nitrogen and oxygen atoms in total. The van der Waals surface area contributed by atoms with Gasteiger partial charge in [-0.25, -0.2) is 0 Å². The minimum Gasteiger partial charge on any atom is -0.442 e. The summed E-state index contributed by atoms with van der Waals surface area (Å²) in [5.74, 6) is -0.462. The molecule has 0 radical (unpaired) electrons. The van der Waals surface area contributed by atoms with E-state index < -0.39 is 11.5 Å². The maximum Gasteiger partial charge on any atom is 0.300 e. The van der Waals surface area contributed by atoms with Crippen molar-refractivity contribution in [1.29, 1.82) is 0 Å². The third-order valence-electron chi connectivity index (χ3n) is 1.98. The lowest BCUT2D eigenvalue weighted by Gasteiger charge is -2.19. The largest absolute Gasteiger partial charge is 0.442 e. The molecular weight excluding hydrogens is 184 g/mol. The Morgan fingerprint density at radius 1 is 1.50 bits per heavy atom. The van der Waals surface area contributed by atoms with Crippen LogP contribution in [0.25, 0.3) is 0 Å². The van der Waals surface area contributed by atoms with Crippen LogP contribution in [0.5, 0.6) is 0 Å². The van der Waals surface area contributed by atoms with Crippen LogP contribution in [-0.4, -0.2) is 21.9 Å². The number of rotatable bonds is 1. The van der Waals surface area contributed by atoms with Crippen LogP contribution in [0.1, 0.15) is 12.6 Å². The fourth-order valence-electron chi connectivity index (χ4n) is 1.19. The van der Waals surface area contributed by atoms with Gasteiger partial charge >= 0.3 is 5.91 Å². The van der Waals surface area contributed by atoms with E-state index in [1.54, 1.807) is 6.92 Å². The van der Waals surface area contributed by atoms with E-state index in [1.165, 1.54) is 18.6 Å². The van der Waals surface area contributed by atoms with E-state index in [1.807, 2.05) is 0 Å². The van der Waals surface area contributed by atoms with Crippen molar-refractivity contribution < 1.29 is 9.53 Å². The number of amidine groups is 1. The summed E-state index contributed by atoms with van der Waals surface area (Å²) in [4.78, 5) is 22.8. The first-order valence-electron chi connectivity index (χ1n) is 3.97. The Morgan fingerprint density at radius 3 is 2.79 bits per heavy atom. The summed E-state index contributed by atoms with van der Waals surface area (Å²) in [7, 11) is 0. The predicted molar refractivity (Wildman–Crippen MR) is 47.1 cm³/mol. The molecule has 1 aliphatic heterocycles. The number of nitrogens with two attached hydrogens (primary N) is 1. The Morgan fingerprint density at radius 2 is 2.29 bits per heavy atom. The number of aliphatic imine (C=N–C) groups is 1. The quantitative estimate of drug-likeness (QED) is 0.651. The van der Waals surface area contributed by atoms with Gasteiger partial charge in [-0.05, 0) is 6.92 Å². The molecule has 0 bridgehead atoms. The van der Waals surface area contributed by atoms with E-state index in [0.717, 1.165) is 0 Å². The van der Waals surface area contributed by atoms with Crippen LogP contribution in [0, 0.1) is 0 Å². The fourth-order valence-corrected chi connectivity index (χ4v) is 1.19. The van der Waals surface area contributed by atoms with Gasteiger partial charge in [0.25, 0.3) is 6.02 Å². The molecule has 0 spiro atoms. The molecule has 2 N–H and O–H groups in total. The molecule has 0 fully saturated rings. The number of ether oxygens (including phenoxy) is 1. The van der Waals surface area contributed by atoms with Gasteiger partial charge in [0.05, 0.1) is 6.20 Å². The standard InChI is InChI=1S/C8H8N4O2/c1-8(5-4-10-2-3-11-5)6(13)12-7(9)14-8/h2-4H,1H3,(H2,9,12,13). The highest BCUT2D eigenvalue weighted by atomic mass is 16.5. The highest BCUT2D eigenvalue weighted by molar-refractivity contribution is 6.00. The molecule has 1 aromatic heterocycles. The van der Waals surface area contributed by atoms with Crippen LogP contribution >= 0.6 is 0 Å². The Kier molecular flexibility index (Phi) is 1.70. The van der Waals surface area contributed by atoms with Crippen LogP contribution in [0.3, 0.4) is 0 Å². The zero-order valence-electron chi connectivity index (χ0n) is 7.47. The smallest absolute Gasteiger partial charge is 0.300 e. The second-order valence-corrected chi connectivity index (χ2v) is 2.98. The first-order valence-corrected chi connectivity index (χ1v) is 3.97. The van der Waals surface area contributed by atoms with Crippen molar-refractivity contribution in [2.45, 2.75) is 12.5 Å². The highest BCUT2D eigenvalue weighted by Crippen LogP contribution is 2.28. The maximum absolute atomic E-state index is 11.4. The van der Waals surface area contributed by atoms with Crippen molar-refractivity contribution in [2.75, 3.05) is 0 Å². The van der Waals surface area contributed by atoms with Crippen molar-refractivity contribution in [2.24, 2.45) is 10.7 Å². The molecule has 72 valence electrons. The van der Waals surface area contributed by atoms with E-state index in [0.29, 0.717) is 5.69 Å². The molecule has 0 aromatic carbocycles. The topological polar surface area (TPSA) is 90.5 Å². The Bertz CT molecular complexity index is 403. The normalized spacial score (nSPS) is 25.8. The zero-order valence-corrected chi connectivity index (χ0v) is 7.47. The Hall–Kier alpha value is -1.98. The van der Waals surface area contributed by atoms with Crippen molar-refractivity contribution in [3.63, 3.8) is 0 Å². The molecule has 0 aliphatic carbocycles. The van der Waals surface area contributed by atoms with Gasteiger partial charge in [-0.2, -0.15) is 4.99 Å². The van der Waals surface area contributed by atoms with Crippen LogP contribution in [0.15, 0.2) is 23.6 Å². The molecule has 0 saturated heterocycles. The fraction of sp³-hybridized carbons (Fsp3) is 0.250. The zero-order chi connectivity index (χ0) is 10.2. The van der Waals surface area contributed by atoms with E-state index in [9.17, 15) is 4.79 Å². The number of carbonyl (C=O) groups is 1. The number of aromatic nitrogens is 2. The first kappa shape index (κ1) is 8.61. The Balaban J connectivity index is 2.41. The summed E-state index contributed by atoms with van der Waals surface area (Å²) < 4.78 is 5.12. The third kappa shape index (κ3) is 1.12. The van der Waals surface area contributed by atoms with Gasteiger partial charge in [0.2, 0.25) is 5.60 Å². The summed E-state index contributed by atoms with van der Waals surface area (Å²) in [6.07, 6.45) is 4.44. The molecule has 1 unspecified atom stereocenters. The van der Waals surface area contributed by atoms with Crippen molar-refractivity contribution in [3.8, 4) is 0 Å². The number of nitrogens with zero attached hydrogens (tertiary/aromatic N) is 3. The second kappa shape index (κ2) is 2.76. The van der Waals surface area contributed by atoms with E-state index in [4.69, 9.17) is 10.5 Å². The summed E-state index contributed by atoms with van der Waals surface area (Å²) in [6.45, 7) is 1.56. The van der Waals surface area contributed by atoms with Crippen LogP contribution in [-0.2, 0) is 15.1 Å².